The van der Waals surface area contributed by atoms with Gasteiger partial charge in [0.2, 0.25) is 5.82 Å². The van der Waals surface area contributed by atoms with E-state index in [9.17, 15) is 4.79 Å². The third-order valence-electron chi connectivity index (χ3n) is 2.00. The molecule has 0 aliphatic rings. The zero-order chi connectivity index (χ0) is 12.3. The molecule has 0 saturated carbocycles. The van der Waals surface area contributed by atoms with Gasteiger partial charge >= 0.3 is 5.97 Å². The topological polar surface area (TPSA) is 93.7 Å². The number of rotatable bonds is 2. The van der Waals surface area contributed by atoms with Crippen molar-refractivity contribution in [3.8, 4) is 11.9 Å². The Balaban J connectivity index is 2.47. The Morgan fingerprint density at radius 2 is 2.35 bits per heavy atom. The number of ether oxygens (including phenoxy) is 1. The van der Waals surface area contributed by atoms with Crippen LogP contribution in [-0.4, -0.2) is 32.6 Å². The largest absolute Gasteiger partial charge is 0.464 e. The fourth-order valence-electron chi connectivity index (χ4n) is 1.25. The lowest BCUT2D eigenvalue weighted by Gasteiger charge is -2.03. The summed E-state index contributed by atoms with van der Waals surface area (Å²) in [5.41, 5.74) is 0.0718. The van der Waals surface area contributed by atoms with Crippen molar-refractivity contribution in [2.45, 2.75) is 0 Å². The van der Waals surface area contributed by atoms with Gasteiger partial charge in [-0.2, -0.15) is 5.26 Å². The first-order valence-electron chi connectivity index (χ1n) is 4.60. The molecule has 0 amide bonds. The third-order valence-corrected chi connectivity index (χ3v) is 2.00. The molecule has 0 fully saturated rings. The Hall–Kier alpha value is -2.75. The van der Waals surface area contributed by atoms with Crippen molar-refractivity contribution < 1.29 is 9.53 Å². The monoisotopic (exact) mass is 229 g/mol. The van der Waals surface area contributed by atoms with Crippen LogP contribution in [0.15, 0.2) is 24.8 Å². The molecular weight excluding hydrogens is 222 g/mol. The molecule has 17 heavy (non-hydrogen) atoms. The highest BCUT2D eigenvalue weighted by Crippen LogP contribution is 2.07. The Bertz CT molecular complexity index is 599. The summed E-state index contributed by atoms with van der Waals surface area (Å²) in [6, 6.07) is 1.90. The summed E-state index contributed by atoms with van der Waals surface area (Å²) < 4.78 is 5.96. The minimum absolute atomic E-state index is 0.0718. The zero-order valence-electron chi connectivity index (χ0n) is 8.86. The van der Waals surface area contributed by atoms with Crippen LogP contribution in [0.25, 0.3) is 5.82 Å². The molecule has 0 N–H and O–H groups in total. The second-order valence-corrected chi connectivity index (χ2v) is 2.99. The van der Waals surface area contributed by atoms with Gasteiger partial charge in [-0.25, -0.2) is 14.8 Å². The number of nitriles is 1. The van der Waals surface area contributed by atoms with E-state index < -0.39 is 5.97 Å². The van der Waals surface area contributed by atoms with Crippen LogP contribution >= 0.6 is 0 Å². The highest BCUT2D eigenvalue weighted by Gasteiger charge is 2.11. The highest BCUT2D eigenvalue weighted by atomic mass is 16.5. The molecule has 7 nitrogen and oxygen atoms in total. The summed E-state index contributed by atoms with van der Waals surface area (Å²) in [7, 11) is 1.26. The number of esters is 1. The fourth-order valence-corrected chi connectivity index (χ4v) is 1.25. The van der Waals surface area contributed by atoms with Gasteiger partial charge in [-0.15, -0.1) is 0 Å². The molecule has 2 aromatic heterocycles. The van der Waals surface area contributed by atoms with Crippen LogP contribution in [0.3, 0.4) is 0 Å². The number of methoxy groups -OCH3 is 1. The number of aromatic nitrogens is 4. The summed E-state index contributed by atoms with van der Waals surface area (Å²) in [4.78, 5) is 23.0. The fraction of sp³-hybridized carbons (Fsp3) is 0.100. The number of carbonyl (C=O) groups excluding carboxylic acids is 1. The van der Waals surface area contributed by atoms with Crippen molar-refractivity contribution in [3.05, 3.63) is 36.3 Å². The van der Waals surface area contributed by atoms with E-state index in [0.717, 1.165) is 0 Å². The summed E-state index contributed by atoms with van der Waals surface area (Å²) in [6.45, 7) is 0. The van der Waals surface area contributed by atoms with E-state index in [1.54, 1.807) is 6.20 Å². The first-order chi connectivity index (χ1) is 8.26. The molecule has 0 unspecified atom stereocenters. The molecule has 0 radical (unpaired) electrons. The summed E-state index contributed by atoms with van der Waals surface area (Å²) in [5, 5.41) is 8.82. The van der Waals surface area contributed by atoms with E-state index in [4.69, 9.17) is 5.26 Å². The SMILES string of the molecule is COC(=O)c1cncc(-n2ccnc2C#N)n1. The van der Waals surface area contributed by atoms with E-state index in [2.05, 4.69) is 19.7 Å². The molecule has 2 heterocycles. The average Bonchev–Trinajstić information content (AvgIpc) is 2.86. The molecule has 2 rings (SSSR count). The van der Waals surface area contributed by atoms with Crippen LogP contribution in [0, 0.1) is 11.3 Å². The van der Waals surface area contributed by atoms with Crippen LogP contribution in [0.2, 0.25) is 0 Å². The highest BCUT2D eigenvalue weighted by molar-refractivity contribution is 5.86. The number of hydrogen-bond donors (Lipinski definition) is 0. The summed E-state index contributed by atoms with van der Waals surface area (Å²) in [6.07, 6.45) is 5.74. The number of imidazole rings is 1. The van der Waals surface area contributed by atoms with Gasteiger partial charge < -0.3 is 4.74 Å². The molecule has 84 valence electrons. The molecule has 2 aromatic rings. The van der Waals surface area contributed by atoms with Crippen LogP contribution in [0.4, 0.5) is 0 Å². The maximum atomic E-state index is 11.3. The molecule has 7 heteroatoms. The van der Waals surface area contributed by atoms with Crippen molar-refractivity contribution in [2.24, 2.45) is 0 Å². The van der Waals surface area contributed by atoms with Gasteiger partial charge in [-0.05, 0) is 0 Å². The Kier molecular flexibility index (Phi) is 2.79. The predicted octanol–water partition coefficient (Wildman–Crippen LogP) is 0.321. The second kappa shape index (κ2) is 4.40. The molecule has 0 aliphatic carbocycles. The normalized spacial score (nSPS) is 9.65. The van der Waals surface area contributed by atoms with Crippen molar-refractivity contribution in [1.82, 2.24) is 19.5 Å². The number of carbonyl (C=O) groups is 1. The van der Waals surface area contributed by atoms with E-state index in [-0.39, 0.29) is 11.5 Å². The first-order valence-corrected chi connectivity index (χ1v) is 4.60. The standard InChI is InChI=1S/C10H7N5O2/c1-17-10(16)7-5-12-6-9(14-7)15-3-2-13-8(15)4-11/h2-3,5-6H,1H3. The zero-order valence-corrected chi connectivity index (χ0v) is 8.86. The number of nitrogens with zero attached hydrogens (tertiary/aromatic N) is 5. The number of hydrogen-bond acceptors (Lipinski definition) is 6. The lowest BCUT2D eigenvalue weighted by Crippen LogP contribution is -2.08. The van der Waals surface area contributed by atoms with Gasteiger partial charge in [0.15, 0.2) is 11.5 Å². The second-order valence-electron chi connectivity index (χ2n) is 2.99. The first kappa shape index (κ1) is 10.8. The van der Waals surface area contributed by atoms with Gasteiger partial charge in [-0.1, -0.05) is 0 Å². The quantitative estimate of drug-likeness (QED) is 0.688. The molecule has 0 saturated heterocycles. The Morgan fingerprint density at radius 1 is 1.53 bits per heavy atom. The third kappa shape index (κ3) is 1.96. The molecule has 0 aromatic carbocycles. The molecular formula is C10H7N5O2. The van der Waals surface area contributed by atoms with Gasteiger partial charge in [0.05, 0.1) is 19.5 Å². The molecule has 0 spiro atoms. The Labute approximate surface area is 96.3 Å². The lowest BCUT2D eigenvalue weighted by molar-refractivity contribution is 0.0593. The van der Waals surface area contributed by atoms with Crippen LogP contribution in [0.1, 0.15) is 16.3 Å². The minimum atomic E-state index is -0.585. The van der Waals surface area contributed by atoms with E-state index in [1.165, 1.54) is 30.3 Å². The van der Waals surface area contributed by atoms with E-state index in [0.29, 0.717) is 5.82 Å². The van der Waals surface area contributed by atoms with Gasteiger partial charge in [-0.3, -0.25) is 9.55 Å². The van der Waals surface area contributed by atoms with Crippen molar-refractivity contribution in [3.63, 3.8) is 0 Å². The summed E-state index contributed by atoms with van der Waals surface area (Å²) in [5.74, 6) is -0.0822. The molecule has 0 aliphatic heterocycles. The van der Waals surface area contributed by atoms with Crippen molar-refractivity contribution in [1.29, 1.82) is 5.26 Å². The van der Waals surface area contributed by atoms with Crippen LogP contribution < -0.4 is 0 Å². The minimum Gasteiger partial charge on any atom is -0.464 e. The summed E-state index contributed by atoms with van der Waals surface area (Å²) >= 11 is 0. The van der Waals surface area contributed by atoms with Crippen molar-refractivity contribution in [2.75, 3.05) is 7.11 Å². The average molecular weight is 229 g/mol. The van der Waals surface area contributed by atoms with E-state index >= 15 is 0 Å². The smallest absolute Gasteiger partial charge is 0.358 e. The maximum absolute atomic E-state index is 11.3. The molecule has 0 atom stereocenters. The predicted molar refractivity (Wildman–Crippen MR) is 55.2 cm³/mol. The van der Waals surface area contributed by atoms with E-state index in [1.807, 2.05) is 6.07 Å². The van der Waals surface area contributed by atoms with Gasteiger partial charge in [0.1, 0.15) is 6.07 Å². The van der Waals surface area contributed by atoms with Crippen LogP contribution in [0.5, 0.6) is 0 Å². The molecule has 0 bridgehead atoms. The Morgan fingerprint density at radius 3 is 3.06 bits per heavy atom. The van der Waals surface area contributed by atoms with Gasteiger partial charge in [0, 0.05) is 12.4 Å². The lowest BCUT2D eigenvalue weighted by atomic mass is 10.4. The van der Waals surface area contributed by atoms with Gasteiger partial charge in [0.25, 0.3) is 0 Å². The van der Waals surface area contributed by atoms with Crippen LogP contribution in [-0.2, 0) is 4.74 Å². The van der Waals surface area contributed by atoms with Crippen molar-refractivity contribution >= 4 is 5.97 Å². The maximum Gasteiger partial charge on any atom is 0.358 e.